The minimum Gasteiger partial charge on any atom is -0.285 e. The van der Waals surface area contributed by atoms with Crippen molar-refractivity contribution in [2.75, 3.05) is 13.1 Å². The molecule has 0 saturated carbocycles. The highest BCUT2D eigenvalue weighted by Crippen LogP contribution is 2.29. The first kappa shape index (κ1) is 16.0. The Balaban J connectivity index is 1.84. The summed E-state index contributed by atoms with van der Waals surface area (Å²) in [6.45, 7) is 6.63. The van der Waals surface area contributed by atoms with Gasteiger partial charge in [0.1, 0.15) is 0 Å². The van der Waals surface area contributed by atoms with Gasteiger partial charge in [0, 0.05) is 24.9 Å². The van der Waals surface area contributed by atoms with Gasteiger partial charge in [-0.1, -0.05) is 38.7 Å². The Morgan fingerprint density at radius 2 is 2.24 bits per heavy atom. The largest absolute Gasteiger partial charge is 0.285 e. The topological polar surface area (TPSA) is 16.1 Å². The maximum Gasteiger partial charge on any atom is 0.0606 e. The van der Waals surface area contributed by atoms with E-state index in [-0.39, 0.29) is 0 Å². The van der Waals surface area contributed by atoms with Gasteiger partial charge in [-0.05, 0) is 43.4 Å². The van der Waals surface area contributed by atoms with Crippen molar-refractivity contribution in [2.24, 2.45) is 5.92 Å². The number of unbranched alkanes of at least 4 members (excludes halogenated alkanes) is 1. The van der Waals surface area contributed by atoms with Crippen LogP contribution < -0.4 is 0 Å². The first-order valence-corrected chi connectivity index (χ1v) is 8.37. The summed E-state index contributed by atoms with van der Waals surface area (Å²) in [4.78, 5) is 6.79. The molecule has 0 amide bonds. The standard InChI is InChI=1S/C19H28N2/c1-17(2)10-5-3-4-7-14-21-15-8-6-12-19(21)18-11-9-13-20-16-18/h9,11,13,16-17,19H,3,5-6,8,10,12,14-15H2,1-2H3/t19-/m1/s1. The fourth-order valence-corrected chi connectivity index (χ4v) is 2.98. The van der Waals surface area contributed by atoms with Gasteiger partial charge in [-0.3, -0.25) is 9.88 Å². The summed E-state index contributed by atoms with van der Waals surface area (Å²) >= 11 is 0. The Hall–Kier alpha value is -1.33. The maximum atomic E-state index is 4.27. The van der Waals surface area contributed by atoms with Crippen LogP contribution >= 0.6 is 0 Å². The van der Waals surface area contributed by atoms with E-state index < -0.39 is 0 Å². The van der Waals surface area contributed by atoms with Crippen LogP contribution in [0, 0.1) is 17.8 Å². The summed E-state index contributed by atoms with van der Waals surface area (Å²) in [7, 11) is 0. The number of hydrogen-bond donors (Lipinski definition) is 0. The Morgan fingerprint density at radius 3 is 3.00 bits per heavy atom. The Bertz CT molecular complexity index is 455. The van der Waals surface area contributed by atoms with Gasteiger partial charge in [-0.2, -0.15) is 0 Å². The van der Waals surface area contributed by atoms with Gasteiger partial charge in [0.05, 0.1) is 6.54 Å². The van der Waals surface area contributed by atoms with Gasteiger partial charge < -0.3 is 0 Å². The molecule has 0 radical (unpaired) electrons. The van der Waals surface area contributed by atoms with Gasteiger partial charge in [-0.25, -0.2) is 0 Å². The lowest BCUT2D eigenvalue weighted by Crippen LogP contribution is -2.33. The van der Waals surface area contributed by atoms with Crippen LogP contribution in [0.25, 0.3) is 0 Å². The van der Waals surface area contributed by atoms with Crippen LogP contribution in [0.2, 0.25) is 0 Å². The zero-order chi connectivity index (χ0) is 14.9. The van der Waals surface area contributed by atoms with Gasteiger partial charge in [0.25, 0.3) is 0 Å². The molecule has 1 atom stereocenters. The summed E-state index contributed by atoms with van der Waals surface area (Å²) < 4.78 is 0. The second-order valence-electron chi connectivity index (χ2n) is 6.41. The van der Waals surface area contributed by atoms with E-state index in [2.05, 4.69) is 41.6 Å². The molecule has 1 saturated heterocycles. The van der Waals surface area contributed by atoms with Crippen LogP contribution in [0.3, 0.4) is 0 Å². The molecule has 0 bridgehead atoms. The van der Waals surface area contributed by atoms with Crippen molar-refractivity contribution in [3.63, 3.8) is 0 Å². The van der Waals surface area contributed by atoms with Crippen LogP contribution in [-0.2, 0) is 0 Å². The van der Waals surface area contributed by atoms with Crippen molar-refractivity contribution in [2.45, 2.75) is 58.4 Å². The van der Waals surface area contributed by atoms with Crippen LogP contribution in [0.5, 0.6) is 0 Å². The average Bonchev–Trinajstić information content (AvgIpc) is 2.52. The molecule has 0 N–H and O–H groups in total. The third-order valence-electron chi connectivity index (χ3n) is 4.17. The lowest BCUT2D eigenvalue weighted by molar-refractivity contribution is 0.169. The molecule has 1 fully saturated rings. The molecule has 2 heteroatoms. The van der Waals surface area contributed by atoms with Crippen LogP contribution in [0.4, 0.5) is 0 Å². The van der Waals surface area contributed by atoms with E-state index in [1.54, 1.807) is 0 Å². The fourth-order valence-electron chi connectivity index (χ4n) is 2.98. The molecule has 1 aromatic rings. The van der Waals surface area contributed by atoms with E-state index >= 15 is 0 Å². The van der Waals surface area contributed by atoms with Crippen molar-refractivity contribution in [1.29, 1.82) is 0 Å². The van der Waals surface area contributed by atoms with E-state index in [4.69, 9.17) is 0 Å². The lowest BCUT2D eigenvalue weighted by Gasteiger charge is -2.34. The zero-order valence-corrected chi connectivity index (χ0v) is 13.5. The first-order chi connectivity index (χ1) is 10.3. The second kappa shape index (κ2) is 8.85. The van der Waals surface area contributed by atoms with Gasteiger partial charge >= 0.3 is 0 Å². The molecule has 0 spiro atoms. The maximum absolute atomic E-state index is 4.27. The van der Waals surface area contributed by atoms with Crippen LogP contribution in [0.15, 0.2) is 24.5 Å². The van der Waals surface area contributed by atoms with Crippen LogP contribution in [0.1, 0.15) is 64.0 Å². The molecule has 2 nitrogen and oxygen atoms in total. The van der Waals surface area contributed by atoms with Gasteiger partial charge in [0.2, 0.25) is 0 Å². The molecule has 0 aliphatic carbocycles. The molecular weight excluding hydrogens is 256 g/mol. The normalized spacial score (nSPS) is 19.3. The number of pyridine rings is 1. The average molecular weight is 284 g/mol. The molecule has 2 heterocycles. The SMILES string of the molecule is CC(C)CCCC#CCN1CCCC[C@@H]1c1cccnc1. The van der Waals surface area contributed by atoms with Gasteiger partial charge in [-0.15, -0.1) is 5.92 Å². The smallest absolute Gasteiger partial charge is 0.0606 e. The summed E-state index contributed by atoms with van der Waals surface area (Å²) in [5.41, 5.74) is 1.35. The Labute approximate surface area is 130 Å². The predicted octanol–water partition coefficient (Wildman–Crippen LogP) is 4.44. The van der Waals surface area contributed by atoms with Gasteiger partial charge in [0.15, 0.2) is 0 Å². The third-order valence-corrected chi connectivity index (χ3v) is 4.17. The minimum absolute atomic E-state index is 0.511. The molecule has 1 aliphatic heterocycles. The number of hydrogen-bond acceptors (Lipinski definition) is 2. The first-order valence-electron chi connectivity index (χ1n) is 8.37. The van der Waals surface area contributed by atoms with Crippen LogP contribution in [-0.4, -0.2) is 23.0 Å². The summed E-state index contributed by atoms with van der Waals surface area (Å²) in [5, 5.41) is 0. The minimum atomic E-state index is 0.511. The van der Waals surface area contributed by atoms with E-state index in [1.165, 1.54) is 44.2 Å². The molecule has 2 rings (SSSR count). The van der Waals surface area contributed by atoms with E-state index in [1.807, 2.05) is 18.5 Å². The predicted molar refractivity (Wildman–Crippen MR) is 88.9 cm³/mol. The van der Waals surface area contributed by atoms with Crippen molar-refractivity contribution in [3.05, 3.63) is 30.1 Å². The number of rotatable bonds is 5. The quantitative estimate of drug-likeness (QED) is 0.587. The van der Waals surface area contributed by atoms with Crippen molar-refractivity contribution >= 4 is 0 Å². The summed E-state index contributed by atoms with van der Waals surface area (Å²) in [6.07, 6.45) is 11.3. The van der Waals surface area contributed by atoms with E-state index in [9.17, 15) is 0 Å². The van der Waals surface area contributed by atoms with Crippen molar-refractivity contribution in [3.8, 4) is 11.8 Å². The molecule has 21 heavy (non-hydrogen) atoms. The van der Waals surface area contributed by atoms with Crippen molar-refractivity contribution in [1.82, 2.24) is 9.88 Å². The molecule has 1 aromatic heterocycles. The number of likely N-dealkylation sites (tertiary alicyclic amines) is 1. The highest BCUT2D eigenvalue weighted by Gasteiger charge is 2.22. The Morgan fingerprint density at radius 1 is 1.33 bits per heavy atom. The lowest BCUT2D eigenvalue weighted by atomic mass is 9.96. The molecule has 114 valence electrons. The second-order valence-corrected chi connectivity index (χ2v) is 6.41. The summed E-state index contributed by atoms with van der Waals surface area (Å²) in [5.74, 6) is 7.53. The molecular formula is C19H28N2. The fraction of sp³-hybridized carbons (Fsp3) is 0.632. The molecule has 1 aliphatic rings. The third kappa shape index (κ3) is 5.52. The zero-order valence-electron chi connectivity index (χ0n) is 13.5. The Kier molecular flexibility index (Phi) is 6.76. The van der Waals surface area contributed by atoms with E-state index in [0.717, 1.165) is 18.9 Å². The highest BCUT2D eigenvalue weighted by atomic mass is 15.2. The molecule has 0 unspecified atom stereocenters. The number of piperidine rings is 1. The van der Waals surface area contributed by atoms with E-state index in [0.29, 0.717) is 6.04 Å². The molecule has 0 aromatic carbocycles. The van der Waals surface area contributed by atoms with Crippen molar-refractivity contribution < 1.29 is 0 Å². The number of nitrogens with zero attached hydrogens (tertiary/aromatic N) is 2. The number of aromatic nitrogens is 1. The highest BCUT2D eigenvalue weighted by molar-refractivity contribution is 5.16. The summed E-state index contributed by atoms with van der Waals surface area (Å²) in [6, 6.07) is 4.75. The monoisotopic (exact) mass is 284 g/mol.